The predicted octanol–water partition coefficient (Wildman–Crippen LogP) is 6.60. The van der Waals surface area contributed by atoms with Crippen molar-refractivity contribution in [3.8, 4) is 17.2 Å². The molecular formula is C29H27Cl2NO6. The lowest BCUT2D eigenvalue weighted by molar-refractivity contribution is -0.132. The summed E-state index contributed by atoms with van der Waals surface area (Å²) in [5, 5.41) is 11.9. The number of anilines is 1. The quantitative estimate of drug-likeness (QED) is 0.191. The molecule has 1 N–H and O–H groups in total. The number of ketones is 1. The van der Waals surface area contributed by atoms with Crippen molar-refractivity contribution >= 4 is 46.3 Å². The third kappa shape index (κ3) is 4.91. The molecule has 1 fully saturated rings. The summed E-state index contributed by atoms with van der Waals surface area (Å²) in [6.07, 6.45) is 0.814. The SMILES string of the molecule is CCOc1cc(C2/C(=C(\O)c3cc(Cl)cc(Cl)c3OC)C(=O)C(=O)N2c2ccc(CC)cc2)ccc1OC. The Kier molecular flexibility index (Phi) is 8.19. The summed E-state index contributed by atoms with van der Waals surface area (Å²) in [7, 11) is 2.91. The molecule has 3 aromatic carbocycles. The Morgan fingerprint density at radius 2 is 1.66 bits per heavy atom. The van der Waals surface area contributed by atoms with Gasteiger partial charge in [0.05, 0.1) is 43.0 Å². The zero-order valence-electron chi connectivity index (χ0n) is 21.4. The number of carbonyl (C=O) groups is 2. The third-order valence-corrected chi connectivity index (χ3v) is 6.84. The lowest BCUT2D eigenvalue weighted by Crippen LogP contribution is -2.29. The molecule has 1 amide bonds. The summed E-state index contributed by atoms with van der Waals surface area (Å²) < 4.78 is 16.6. The van der Waals surface area contributed by atoms with Crippen LogP contribution in [0.3, 0.4) is 0 Å². The first-order chi connectivity index (χ1) is 18.2. The Bertz CT molecular complexity index is 1420. The highest BCUT2D eigenvalue weighted by atomic mass is 35.5. The third-order valence-electron chi connectivity index (χ3n) is 6.34. The molecule has 7 nitrogen and oxygen atoms in total. The van der Waals surface area contributed by atoms with Gasteiger partial charge in [0.2, 0.25) is 0 Å². The van der Waals surface area contributed by atoms with E-state index in [2.05, 4.69) is 0 Å². The zero-order valence-corrected chi connectivity index (χ0v) is 22.9. The Morgan fingerprint density at radius 1 is 0.947 bits per heavy atom. The summed E-state index contributed by atoms with van der Waals surface area (Å²) in [5.74, 6) is -1.07. The number of rotatable bonds is 8. The first-order valence-corrected chi connectivity index (χ1v) is 12.7. The highest BCUT2D eigenvalue weighted by Gasteiger charge is 2.47. The molecule has 198 valence electrons. The number of nitrogens with zero attached hydrogens (tertiary/aromatic N) is 1. The van der Waals surface area contributed by atoms with E-state index in [4.69, 9.17) is 37.4 Å². The van der Waals surface area contributed by atoms with Gasteiger partial charge in [-0.15, -0.1) is 0 Å². The summed E-state index contributed by atoms with van der Waals surface area (Å²) in [4.78, 5) is 28.4. The molecule has 1 aliphatic rings. The van der Waals surface area contributed by atoms with Crippen molar-refractivity contribution < 1.29 is 28.9 Å². The molecule has 1 heterocycles. The van der Waals surface area contributed by atoms with Crippen molar-refractivity contribution in [2.45, 2.75) is 26.3 Å². The Morgan fingerprint density at radius 3 is 2.26 bits per heavy atom. The van der Waals surface area contributed by atoms with E-state index in [1.807, 2.05) is 26.0 Å². The van der Waals surface area contributed by atoms with Crippen LogP contribution < -0.4 is 19.1 Å². The fourth-order valence-electron chi connectivity index (χ4n) is 4.53. The molecule has 0 radical (unpaired) electrons. The first kappa shape index (κ1) is 27.4. The fraction of sp³-hybridized carbons (Fsp3) is 0.241. The van der Waals surface area contributed by atoms with E-state index in [-0.39, 0.29) is 26.9 Å². The maximum absolute atomic E-state index is 13.5. The number of Topliss-reactive ketones (excluding diaryl/α,β-unsaturated/α-hetero) is 1. The van der Waals surface area contributed by atoms with Gasteiger partial charge in [-0.1, -0.05) is 48.3 Å². The Balaban J connectivity index is 2.01. The summed E-state index contributed by atoms with van der Waals surface area (Å²) in [6.45, 7) is 4.23. The Labute approximate surface area is 231 Å². The second kappa shape index (κ2) is 11.4. The van der Waals surface area contributed by atoms with Crippen LogP contribution in [0.5, 0.6) is 17.2 Å². The van der Waals surface area contributed by atoms with Crippen LogP contribution in [0.15, 0.2) is 60.2 Å². The summed E-state index contributed by atoms with van der Waals surface area (Å²) in [5.41, 5.74) is 2.05. The molecule has 4 rings (SSSR count). The molecule has 9 heteroatoms. The van der Waals surface area contributed by atoms with Crippen LogP contribution in [0.4, 0.5) is 5.69 Å². The predicted molar refractivity (Wildman–Crippen MR) is 148 cm³/mol. The number of aliphatic hydroxyl groups is 1. The van der Waals surface area contributed by atoms with E-state index in [0.717, 1.165) is 12.0 Å². The maximum Gasteiger partial charge on any atom is 0.300 e. The van der Waals surface area contributed by atoms with E-state index >= 15 is 0 Å². The number of carbonyl (C=O) groups excluding carboxylic acids is 2. The molecular weight excluding hydrogens is 529 g/mol. The monoisotopic (exact) mass is 555 g/mol. The van der Waals surface area contributed by atoms with Gasteiger partial charge < -0.3 is 19.3 Å². The van der Waals surface area contributed by atoms with E-state index < -0.39 is 23.5 Å². The smallest absolute Gasteiger partial charge is 0.300 e. The van der Waals surface area contributed by atoms with Crippen LogP contribution in [0, 0.1) is 0 Å². The van der Waals surface area contributed by atoms with E-state index in [1.165, 1.54) is 31.3 Å². The molecule has 0 aliphatic carbocycles. The minimum absolute atomic E-state index is 0.0906. The number of ether oxygens (including phenoxy) is 3. The van der Waals surface area contributed by atoms with Crippen molar-refractivity contribution in [3.05, 3.63) is 86.9 Å². The number of hydrogen-bond acceptors (Lipinski definition) is 6. The van der Waals surface area contributed by atoms with Crippen LogP contribution in [-0.4, -0.2) is 37.6 Å². The molecule has 0 saturated carbocycles. The van der Waals surface area contributed by atoms with Gasteiger partial charge in [0.15, 0.2) is 11.5 Å². The summed E-state index contributed by atoms with van der Waals surface area (Å²) in [6, 6.07) is 14.4. The number of aliphatic hydroxyl groups excluding tert-OH is 1. The van der Waals surface area contributed by atoms with Gasteiger partial charge in [-0.05, 0) is 60.9 Å². The van der Waals surface area contributed by atoms with Gasteiger partial charge in [-0.25, -0.2) is 0 Å². The van der Waals surface area contributed by atoms with Gasteiger partial charge in [0.1, 0.15) is 11.5 Å². The van der Waals surface area contributed by atoms with Crippen molar-refractivity contribution in [1.29, 1.82) is 0 Å². The second-order valence-corrected chi connectivity index (χ2v) is 9.34. The molecule has 0 spiro atoms. The number of methoxy groups -OCH3 is 2. The minimum Gasteiger partial charge on any atom is -0.507 e. The van der Waals surface area contributed by atoms with Crippen LogP contribution in [0.1, 0.15) is 36.6 Å². The summed E-state index contributed by atoms with van der Waals surface area (Å²) >= 11 is 12.5. The standard InChI is InChI=1S/C29H27Cl2NO6/c1-5-16-7-10-19(11-8-16)32-25(17-9-12-22(36-3)23(13-17)38-6-2)24(27(34)29(32)35)26(33)20-14-18(30)15-21(31)28(20)37-4/h7-15,25,33H,5-6H2,1-4H3/b26-24+. The highest BCUT2D eigenvalue weighted by Crippen LogP contribution is 2.46. The maximum atomic E-state index is 13.5. The lowest BCUT2D eigenvalue weighted by atomic mass is 9.94. The van der Waals surface area contributed by atoms with E-state index in [1.54, 1.807) is 30.3 Å². The minimum atomic E-state index is -0.991. The van der Waals surface area contributed by atoms with Crippen LogP contribution >= 0.6 is 23.2 Å². The number of benzene rings is 3. The first-order valence-electron chi connectivity index (χ1n) is 12.0. The topological polar surface area (TPSA) is 85.3 Å². The molecule has 1 saturated heterocycles. The van der Waals surface area contributed by atoms with Crippen molar-refractivity contribution in [2.24, 2.45) is 0 Å². The normalized spacial score (nSPS) is 16.6. The van der Waals surface area contributed by atoms with Gasteiger partial charge in [-0.2, -0.15) is 0 Å². The van der Waals surface area contributed by atoms with E-state index in [0.29, 0.717) is 29.4 Å². The van der Waals surface area contributed by atoms with Crippen LogP contribution in [0.2, 0.25) is 10.0 Å². The highest BCUT2D eigenvalue weighted by molar-refractivity contribution is 6.52. The second-order valence-electron chi connectivity index (χ2n) is 8.50. The molecule has 38 heavy (non-hydrogen) atoms. The average molecular weight is 556 g/mol. The number of halogens is 2. The number of amides is 1. The van der Waals surface area contributed by atoms with Gasteiger partial charge >= 0.3 is 0 Å². The zero-order chi connectivity index (χ0) is 27.6. The van der Waals surface area contributed by atoms with Gasteiger partial charge in [0.25, 0.3) is 11.7 Å². The molecule has 1 unspecified atom stereocenters. The average Bonchev–Trinajstić information content (AvgIpc) is 3.18. The Hall–Kier alpha value is -3.68. The number of hydrogen-bond donors (Lipinski definition) is 1. The number of aryl methyl sites for hydroxylation is 1. The van der Waals surface area contributed by atoms with Crippen LogP contribution in [-0.2, 0) is 16.0 Å². The molecule has 1 atom stereocenters. The van der Waals surface area contributed by atoms with Crippen molar-refractivity contribution in [3.63, 3.8) is 0 Å². The van der Waals surface area contributed by atoms with Gasteiger partial charge in [0, 0.05) is 10.7 Å². The molecule has 0 aromatic heterocycles. The van der Waals surface area contributed by atoms with Crippen molar-refractivity contribution in [2.75, 3.05) is 25.7 Å². The lowest BCUT2D eigenvalue weighted by Gasteiger charge is -2.26. The van der Waals surface area contributed by atoms with E-state index in [9.17, 15) is 14.7 Å². The van der Waals surface area contributed by atoms with Crippen LogP contribution in [0.25, 0.3) is 5.76 Å². The largest absolute Gasteiger partial charge is 0.507 e. The molecule has 1 aliphatic heterocycles. The fourth-order valence-corrected chi connectivity index (χ4v) is 5.10. The van der Waals surface area contributed by atoms with Gasteiger partial charge in [-0.3, -0.25) is 14.5 Å². The van der Waals surface area contributed by atoms with Crippen molar-refractivity contribution in [1.82, 2.24) is 0 Å². The molecule has 0 bridgehead atoms. The molecule has 3 aromatic rings.